The predicted octanol–water partition coefficient (Wildman–Crippen LogP) is 4.50. The third kappa shape index (κ3) is 4.77. The fraction of sp³-hybridized carbons (Fsp3) is 0.304. The van der Waals surface area contributed by atoms with Crippen LogP contribution in [0, 0.1) is 5.92 Å². The van der Waals surface area contributed by atoms with Gasteiger partial charge >= 0.3 is 0 Å². The van der Waals surface area contributed by atoms with Crippen LogP contribution in [0.5, 0.6) is 11.5 Å². The van der Waals surface area contributed by atoms with Crippen LogP contribution in [0.15, 0.2) is 48.5 Å². The third-order valence-electron chi connectivity index (χ3n) is 5.06. The van der Waals surface area contributed by atoms with Crippen LogP contribution < -0.4 is 14.8 Å². The summed E-state index contributed by atoms with van der Waals surface area (Å²) in [4.78, 5) is 20.7. The van der Waals surface area contributed by atoms with E-state index in [4.69, 9.17) is 9.47 Å². The van der Waals surface area contributed by atoms with Gasteiger partial charge in [-0.15, -0.1) is 0 Å². The van der Waals surface area contributed by atoms with Crippen LogP contribution in [-0.4, -0.2) is 30.1 Å². The van der Waals surface area contributed by atoms with Gasteiger partial charge in [-0.3, -0.25) is 4.79 Å². The molecule has 0 aliphatic carbocycles. The van der Waals surface area contributed by atoms with Crippen molar-refractivity contribution in [1.29, 1.82) is 0 Å². The summed E-state index contributed by atoms with van der Waals surface area (Å²) in [5.41, 5.74) is 2.62. The minimum absolute atomic E-state index is 0.194. The fourth-order valence-electron chi connectivity index (χ4n) is 3.17. The predicted molar refractivity (Wildman–Crippen MR) is 115 cm³/mol. The molecule has 0 spiro atoms. The number of benzene rings is 2. The zero-order valence-electron chi connectivity index (χ0n) is 17.2. The molecule has 29 heavy (non-hydrogen) atoms. The average molecular weight is 393 g/mol. The SMILES string of the molecule is CCC(C)C(NC(=O)/C=C/c1cc(OC)ccc1OC)c1nc2ccccc2[nH]1. The molecule has 3 rings (SSSR count). The van der Waals surface area contributed by atoms with Gasteiger partial charge in [-0.25, -0.2) is 4.98 Å². The van der Waals surface area contributed by atoms with E-state index in [1.807, 2.05) is 42.5 Å². The molecule has 1 aromatic heterocycles. The highest BCUT2D eigenvalue weighted by Crippen LogP contribution is 2.26. The number of carbonyl (C=O) groups is 1. The highest BCUT2D eigenvalue weighted by molar-refractivity contribution is 5.92. The van der Waals surface area contributed by atoms with Crippen LogP contribution in [0.2, 0.25) is 0 Å². The zero-order valence-corrected chi connectivity index (χ0v) is 17.2. The smallest absolute Gasteiger partial charge is 0.244 e. The molecule has 0 saturated carbocycles. The summed E-state index contributed by atoms with van der Waals surface area (Å²) in [6.07, 6.45) is 4.15. The maximum Gasteiger partial charge on any atom is 0.244 e. The third-order valence-corrected chi connectivity index (χ3v) is 5.06. The van der Waals surface area contributed by atoms with Crippen LogP contribution in [-0.2, 0) is 4.79 Å². The lowest BCUT2D eigenvalue weighted by atomic mass is 9.98. The van der Waals surface area contributed by atoms with Gasteiger partial charge < -0.3 is 19.8 Å². The lowest BCUT2D eigenvalue weighted by Gasteiger charge is -2.21. The number of rotatable bonds is 8. The Labute approximate surface area is 170 Å². The van der Waals surface area contributed by atoms with Gasteiger partial charge in [-0.1, -0.05) is 32.4 Å². The van der Waals surface area contributed by atoms with E-state index in [-0.39, 0.29) is 17.9 Å². The highest BCUT2D eigenvalue weighted by atomic mass is 16.5. The Morgan fingerprint density at radius 3 is 2.69 bits per heavy atom. The molecule has 3 aromatic rings. The van der Waals surface area contributed by atoms with E-state index < -0.39 is 0 Å². The number of nitrogens with zero attached hydrogens (tertiary/aromatic N) is 1. The van der Waals surface area contributed by atoms with Gasteiger partial charge in [0.25, 0.3) is 0 Å². The number of hydrogen-bond acceptors (Lipinski definition) is 4. The number of fused-ring (bicyclic) bond motifs is 1. The number of amides is 1. The Morgan fingerprint density at radius 1 is 1.21 bits per heavy atom. The lowest BCUT2D eigenvalue weighted by Crippen LogP contribution is -2.32. The van der Waals surface area contributed by atoms with E-state index in [0.29, 0.717) is 11.5 Å². The first kappa shape index (κ1) is 20.5. The topological polar surface area (TPSA) is 76.2 Å². The number of ether oxygens (including phenoxy) is 2. The molecule has 2 N–H and O–H groups in total. The van der Waals surface area contributed by atoms with Crippen molar-refractivity contribution in [2.45, 2.75) is 26.3 Å². The number of methoxy groups -OCH3 is 2. The molecule has 152 valence electrons. The summed E-state index contributed by atoms with van der Waals surface area (Å²) < 4.78 is 10.6. The first-order valence-corrected chi connectivity index (χ1v) is 9.71. The molecule has 2 unspecified atom stereocenters. The summed E-state index contributed by atoms with van der Waals surface area (Å²) in [7, 11) is 3.20. The van der Waals surface area contributed by atoms with E-state index in [1.54, 1.807) is 20.3 Å². The fourth-order valence-corrected chi connectivity index (χ4v) is 3.17. The summed E-state index contributed by atoms with van der Waals surface area (Å²) in [5, 5.41) is 3.09. The molecule has 2 atom stereocenters. The molecular formula is C23H27N3O3. The Kier molecular flexibility index (Phi) is 6.54. The second kappa shape index (κ2) is 9.28. The first-order chi connectivity index (χ1) is 14.0. The number of carbonyl (C=O) groups excluding carboxylic acids is 1. The van der Waals surface area contributed by atoms with Crippen LogP contribution >= 0.6 is 0 Å². The summed E-state index contributed by atoms with van der Waals surface area (Å²) >= 11 is 0. The lowest BCUT2D eigenvalue weighted by molar-refractivity contribution is -0.117. The second-order valence-corrected chi connectivity index (χ2v) is 6.95. The minimum atomic E-state index is -0.211. The number of aromatic amines is 1. The van der Waals surface area contributed by atoms with Crippen LogP contribution in [0.3, 0.4) is 0 Å². The zero-order chi connectivity index (χ0) is 20.8. The second-order valence-electron chi connectivity index (χ2n) is 6.95. The largest absolute Gasteiger partial charge is 0.497 e. The molecule has 0 radical (unpaired) electrons. The van der Waals surface area contributed by atoms with E-state index in [9.17, 15) is 4.79 Å². The van der Waals surface area contributed by atoms with Gasteiger partial charge in [0.2, 0.25) is 5.91 Å². The maximum absolute atomic E-state index is 12.7. The van der Waals surface area contributed by atoms with Crippen LogP contribution in [0.4, 0.5) is 0 Å². The van der Waals surface area contributed by atoms with Crippen molar-refractivity contribution in [2.75, 3.05) is 14.2 Å². The van der Waals surface area contributed by atoms with Crippen molar-refractivity contribution < 1.29 is 14.3 Å². The molecule has 0 aliphatic rings. The van der Waals surface area contributed by atoms with Crippen molar-refractivity contribution in [3.05, 3.63) is 59.9 Å². The molecular weight excluding hydrogens is 366 g/mol. The Morgan fingerprint density at radius 2 is 2.00 bits per heavy atom. The monoisotopic (exact) mass is 393 g/mol. The molecule has 6 heteroatoms. The number of imidazole rings is 1. The molecule has 6 nitrogen and oxygen atoms in total. The number of aromatic nitrogens is 2. The van der Waals surface area contributed by atoms with Crippen LogP contribution in [0.25, 0.3) is 17.1 Å². The van der Waals surface area contributed by atoms with Gasteiger partial charge in [-0.05, 0) is 42.3 Å². The van der Waals surface area contributed by atoms with Crippen molar-refractivity contribution in [2.24, 2.45) is 5.92 Å². The van der Waals surface area contributed by atoms with E-state index >= 15 is 0 Å². The number of nitrogens with one attached hydrogen (secondary N) is 2. The van der Waals surface area contributed by atoms with Gasteiger partial charge in [0, 0.05) is 11.6 Å². The number of H-pyrrole nitrogens is 1. The van der Waals surface area contributed by atoms with Crippen molar-refractivity contribution in [3.63, 3.8) is 0 Å². The van der Waals surface area contributed by atoms with Gasteiger partial charge in [0.1, 0.15) is 17.3 Å². The van der Waals surface area contributed by atoms with E-state index in [1.165, 1.54) is 6.08 Å². The average Bonchev–Trinajstić information content (AvgIpc) is 3.19. The van der Waals surface area contributed by atoms with Gasteiger partial charge in [-0.2, -0.15) is 0 Å². The van der Waals surface area contributed by atoms with Crippen LogP contribution in [0.1, 0.15) is 37.7 Å². The maximum atomic E-state index is 12.7. The molecule has 1 heterocycles. The number of hydrogen-bond donors (Lipinski definition) is 2. The standard InChI is InChI=1S/C23H27N3O3/c1-5-15(2)22(23-24-18-8-6-7-9-19(18)25-23)26-21(27)13-10-16-14-17(28-3)11-12-20(16)29-4/h6-15,22H,5H2,1-4H3,(H,24,25)(H,26,27)/b13-10+. The molecule has 0 aliphatic heterocycles. The quantitative estimate of drug-likeness (QED) is 0.553. The Balaban J connectivity index is 1.81. The van der Waals surface area contributed by atoms with Crippen molar-refractivity contribution in [3.8, 4) is 11.5 Å². The highest BCUT2D eigenvalue weighted by Gasteiger charge is 2.22. The number of para-hydroxylation sites is 2. The minimum Gasteiger partial charge on any atom is -0.497 e. The molecule has 2 aromatic carbocycles. The molecule has 0 saturated heterocycles. The van der Waals surface area contributed by atoms with E-state index in [2.05, 4.69) is 29.1 Å². The van der Waals surface area contributed by atoms with E-state index in [0.717, 1.165) is 28.8 Å². The summed E-state index contributed by atoms with van der Waals surface area (Å²) in [6, 6.07) is 13.1. The first-order valence-electron chi connectivity index (χ1n) is 9.71. The molecule has 0 bridgehead atoms. The summed E-state index contributed by atoms with van der Waals surface area (Å²) in [5.74, 6) is 2.16. The van der Waals surface area contributed by atoms with Crippen molar-refractivity contribution in [1.82, 2.24) is 15.3 Å². The van der Waals surface area contributed by atoms with Crippen molar-refractivity contribution >= 4 is 23.0 Å². The summed E-state index contributed by atoms with van der Waals surface area (Å²) in [6.45, 7) is 4.20. The van der Waals surface area contributed by atoms with Gasteiger partial charge in [0.15, 0.2) is 0 Å². The Hall–Kier alpha value is -3.28. The molecule has 1 amide bonds. The molecule has 0 fully saturated rings. The Bertz CT molecular complexity index is 977. The normalized spacial score (nSPS) is 13.4. The van der Waals surface area contributed by atoms with Gasteiger partial charge in [0.05, 0.1) is 31.3 Å².